The number of hydrogen-bond acceptors (Lipinski definition) is 3. The molecule has 0 aliphatic carbocycles. The van der Waals surface area contributed by atoms with Crippen molar-refractivity contribution in [2.75, 3.05) is 11.6 Å². The zero-order chi connectivity index (χ0) is 15.6. The van der Waals surface area contributed by atoms with E-state index in [2.05, 4.69) is 5.32 Å². The highest BCUT2D eigenvalue weighted by atomic mass is 32.2. The van der Waals surface area contributed by atoms with E-state index in [0.29, 0.717) is 6.54 Å². The second-order valence-electron chi connectivity index (χ2n) is 5.19. The van der Waals surface area contributed by atoms with E-state index < -0.39 is 15.7 Å². The molecule has 0 atom stereocenters. The van der Waals surface area contributed by atoms with Gasteiger partial charge < -0.3 is 5.32 Å². The Labute approximate surface area is 124 Å². The average molecular weight is 307 g/mol. The van der Waals surface area contributed by atoms with Crippen molar-refractivity contribution in [3.8, 4) is 0 Å². The van der Waals surface area contributed by atoms with Crippen molar-refractivity contribution in [2.24, 2.45) is 0 Å². The van der Waals surface area contributed by atoms with Gasteiger partial charge in [0, 0.05) is 12.8 Å². The molecule has 21 heavy (non-hydrogen) atoms. The van der Waals surface area contributed by atoms with Gasteiger partial charge in [-0.1, -0.05) is 18.2 Å². The Hall–Kier alpha value is -1.88. The summed E-state index contributed by atoms with van der Waals surface area (Å²) in [6, 6.07) is 9.76. The Kier molecular flexibility index (Phi) is 4.32. The molecule has 3 nitrogen and oxygen atoms in total. The minimum atomic E-state index is -3.34. The molecule has 0 spiro atoms. The van der Waals surface area contributed by atoms with Gasteiger partial charge in [0.15, 0.2) is 9.84 Å². The van der Waals surface area contributed by atoms with Crippen LogP contribution in [0.3, 0.4) is 0 Å². The summed E-state index contributed by atoms with van der Waals surface area (Å²) < 4.78 is 36.8. The van der Waals surface area contributed by atoms with Crippen LogP contribution in [0.1, 0.15) is 16.7 Å². The fourth-order valence-corrected chi connectivity index (χ4v) is 2.63. The predicted molar refractivity (Wildman–Crippen MR) is 82.8 cm³/mol. The van der Waals surface area contributed by atoms with Crippen molar-refractivity contribution in [3.63, 3.8) is 0 Å². The predicted octanol–water partition coefficient (Wildman–Crippen LogP) is 3.46. The summed E-state index contributed by atoms with van der Waals surface area (Å²) in [6.07, 6.45) is 1.10. The van der Waals surface area contributed by atoms with Gasteiger partial charge in [0.1, 0.15) is 5.82 Å². The van der Waals surface area contributed by atoms with Crippen molar-refractivity contribution in [2.45, 2.75) is 25.3 Å². The van der Waals surface area contributed by atoms with Crippen LogP contribution < -0.4 is 5.32 Å². The zero-order valence-electron chi connectivity index (χ0n) is 12.3. The van der Waals surface area contributed by atoms with Crippen molar-refractivity contribution in [3.05, 3.63) is 58.9 Å². The smallest absolute Gasteiger partial charge is 0.175 e. The van der Waals surface area contributed by atoms with E-state index in [1.165, 1.54) is 29.3 Å². The lowest BCUT2D eigenvalue weighted by Crippen LogP contribution is -2.04. The molecule has 2 aromatic rings. The van der Waals surface area contributed by atoms with E-state index in [1.54, 1.807) is 0 Å². The number of halogens is 1. The molecule has 0 saturated heterocycles. The van der Waals surface area contributed by atoms with Crippen LogP contribution >= 0.6 is 0 Å². The molecule has 0 aliphatic heterocycles. The van der Waals surface area contributed by atoms with Crippen LogP contribution in [0, 0.1) is 19.7 Å². The molecule has 0 unspecified atom stereocenters. The van der Waals surface area contributed by atoms with Gasteiger partial charge in [0.2, 0.25) is 0 Å². The Morgan fingerprint density at radius 2 is 1.76 bits per heavy atom. The lowest BCUT2D eigenvalue weighted by molar-refractivity contribution is 0.600. The molecule has 1 N–H and O–H groups in total. The minimum absolute atomic E-state index is 0.103. The molecule has 0 heterocycles. The molecule has 0 fully saturated rings. The first-order chi connectivity index (χ1) is 9.77. The molecular formula is C16H18FNO2S. The maximum atomic E-state index is 13.7. The van der Waals surface area contributed by atoms with Gasteiger partial charge in [-0.25, -0.2) is 12.8 Å². The van der Waals surface area contributed by atoms with E-state index >= 15 is 0 Å². The first-order valence-corrected chi connectivity index (χ1v) is 8.46. The second kappa shape index (κ2) is 5.85. The number of hydrogen-bond donors (Lipinski definition) is 1. The quantitative estimate of drug-likeness (QED) is 0.880. The van der Waals surface area contributed by atoms with E-state index in [0.717, 1.165) is 11.8 Å². The number of anilines is 1. The van der Waals surface area contributed by atoms with Crippen LogP contribution in [0.25, 0.3) is 0 Å². The Morgan fingerprint density at radius 3 is 2.38 bits per heavy atom. The number of rotatable bonds is 4. The van der Waals surface area contributed by atoms with Gasteiger partial charge in [-0.2, -0.15) is 0 Å². The molecule has 0 aromatic heterocycles. The lowest BCUT2D eigenvalue weighted by atomic mass is 10.1. The summed E-state index contributed by atoms with van der Waals surface area (Å²) >= 11 is 0. The fraction of sp³-hybridized carbons (Fsp3) is 0.250. The third-order valence-corrected chi connectivity index (χ3v) is 4.53. The summed E-state index contributed by atoms with van der Waals surface area (Å²) in [5, 5.41) is 2.95. The monoisotopic (exact) mass is 307 g/mol. The zero-order valence-corrected chi connectivity index (χ0v) is 13.1. The maximum Gasteiger partial charge on any atom is 0.175 e. The van der Waals surface area contributed by atoms with Crippen LogP contribution in [0.5, 0.6) is 0 Å². The fourth-order valence-electron chi connectivity index (χ4n) is 1.98. The van der Waals surface area contributed by atoms with Crippen LogP contribution in [0.4, 0.5) is 10.1 Å². The van der Waals surface area contributed by atoms with Gasteiger partial charge in [-0.3, -0.25) is 0 Å². The molecule has 2 rings (SSSR count). The van der Waals surface area contributed by atoms with Crippen molar-refractivity contribution >= 4 is 15.5 Å². The third kappa shape index (κ3) is 3.82. The summed E-state index contributed by atoms with van der Waals surface area (Å²) in [7, 11) is -3.34. The molecule has 2 aromatic carbocycles. The molecule has 0 radical (unpaired) electrons. The van der Waals surface area contributed by atoms with E-state index in [1.807, 2.05) is 32.0 Å². The largest absolute Gasteiger partial charge is 0.379 e. The number of benzene rings is 2. The SMILES string of the molecule is Cc1ccc(CNc2cc(S(C)(=O)=O)ccc2F)cc1C. The highest BCUT2D eigenvalue weighted by molar-refractivity contribution is 7.90. The van der Waals surface area contributed by atoms with Gasteiger partial charge in [-0.05, 0) is 48.7 Å². The lowest BCUT2D eigenvalue weighted by Gasteiger charge is -2.10. The van der Waals surface area contributed by atoms with Crippen molar-refractivity contribution < 1.29 is 12.8 Å². The van der Waals surface area contributed by atoms with Crippen LogP contribution in [-0.2, 0) is 16.4 Å². The molecule has 0 bridgehead atoms. The summed E-state index contributed by atoms with van der Waals surface area (Å²) in [5.41, 5.74) is 3.57. The van der Waals surface area contributed by atoms with E-state index in [4.69, 9.17) is 0 Å². The molecule has 0 saturated carbocycles. The summed E-state index contributed by atoms with van der Waals surface area (Å²) in [4.78, 5) is 0.103. The third-order valence-electron chi connectivity index (χ3n) is 3.42. The standard InChI is InChI=1S/C16H18FNO2S/c1-11-4-5-13(8-12(11)2)10-18-16-9-14(21(3,19)20)6-7-15(16)17/h4-9,18H,10H2,1-3H3. The highest BCUT2D eigenvalue weighted by Crippen LogP contribution is 2.20. The van der Waals surface area contributed by atoms with Crippen molar-refractivity contribution in [1.29, 1.82) is 0 Å². The topological polar surface area (TPSA) is 46.2 Å². The summed E-state index contributed by atoms with van der Waals surface area (Å²) in [5.74, 6) is -0.466. The molecule has 112 valence electrons. The Morgan fingerprint density at radius 1 is 1.05 bits per heavy atom. The van der Waals surface area contributed by atoms with Gasteiger partial charge in [-0.15, -0.1) is 0 Å². The highest BCUT2D eigenvalue weighted by Gasteiger charge is 2.11. The van der Waals surface area contributed by atoms with E-state index in [-0.39, 0.29) is 10.6 Å². The van der Waals surface area contributed by atoms with Crippen LogP contribution in [0.2, 0.25) is 0 Å². The number of nitrogens with one attached hydrogen (secondary N) is 1. The van der Waals surface area contributed by atoms with Gasteiger partial charge in [0.25, 0.3) is 0 Å². The van der Waals surface area contributed by atoms with Gasteiger partial charge in [0.05, 0.1) is 10.6 Å². The first kappa shape index (κ1) is 15.5. The molecular weight excluding hydrogens is 289 g/mol. The van der Waals surface area contributed by atoms with Crippen LogP contribution in [-0.4, -0.2) is 14.7 Å². The van der Waals surface area contributed by atoms with Crippen molar-refractivity contribution in [1.82, 2.24) is 0 Å². The average Bonchev–Trinajstić information content (AvgIpc) is 2.40. The molecule has 0 aliphatic rings. The maximum absolute atomic E-state index is 13.7. The van der Waals surface area contributed by atoms with Crippen LogP contribution in [0.15, 0.2) is 41.3 Å². The summed E-state index contributed by atoms with van der Waals surface area (Å²) in [6.45, 7) is 4.48. The Balaban J connectivity index is 2.21. The normalized spacial score (nSPS) is 11.4. The van der Waals surface area contributed by atoms with Gasteiger partial charge >= 0.3 is 0 Å². The molecule has 0 amide bonds. The second-order valence-corrected chi connectivity index (χ2v) is 7.20. The Bertz CT molecular complexity index is 770. The first-order valence-electron chi connectivity index (χ1n) is 6.57. The minimum Gasteiger partial charge on any atom is -0.379 e. The van der Waals surface area contributed by atoms with E-state index in [9.17, 15) is 12.8 Å². The number of sulfone groups is 1. The molecule has 5 heteroatoms. The number of aryl methyl sites for hydroxylation is 2.